The van der Waals surface area contributed by atoms with Crippen LogP contribution < -0.4 is 0 Å². The zero-order valence-electron chi connectivity index (χ0n) is 10.2. The second-order valence-electron chi connectivity index (χ2n) is 3.63. The molecule has 0 radical (unpaired) electrons. The van der Waals surface area contributed by atoms with Crippen molar-refractivity contribution in [3.63, 3.8) is 0 Å². The maximum absolute atomic E-state index is 11.5. The van der Waals surface area contributed by atoms with E-state index in [2.05, 4.69) is 21.1 Å². The summed E-state index contributed by atoms with van der Waals surface area (Å²) in [5.74, 6) is -1.21. The van der Waals surface area contributed by atoms with Gasteiger partial charge in [0.25, 0.3) is 0 Å². The molecule has 0 aromatic carbocycles. The van der Waals surface area contributed by atoms with Crippen LogP contribution in [0.1, 0.15) is 19.8 Å². The number of alkyl halides is 1. The third-order valence-electron chi connectivity index (χ3n) is 2.32. The van der Waals surface area contributed by atoms with E-state index in [0.717, 1.165) is 0 Å². The molecule has 1 rings (SSSR count). The van der Waals surface area contributed by atoms with E-state index in [4.69, 9.17) is 14.3 Å². The normalized spacial score (nSPS) is 17.3. The first kappa shape index (κ1) is 15.1. The zero-order valence-corrected chi connectivity index (χ0v) is 11.8. The minimum absolute atomic E-state index is 0.00177. The molecule has 0 aromatic heterocycles. The first-order valence-electron chi connectivity index (χ1n) is 5.76. The van der Waals surface area contributed by atoms with Crippen molar-refractivity contribution < 1.29 is 23.9 Å². The minimum atomic E-state index is -0.756. The Balaban J connectivity index is 2.62. The standard InChI is InChI=1S/C11H16BrNO5/c1-2-17-11(15)10(9(14)7-12)13-18-8-3-5-16-6-4-8/h8H,2-7H2,1H3/b13-10+. The predicted octanol–water partition coefficient (Wildman–Crippen LogP) is 1.07. The monoisotopic (exact) mass is 321 g/mol. The molecule has 1 saturated heterocycles. The molecule has 0 aliphatic carbocycles. The summed E-state index contributed by atoms with van der Waals surface area (Å²) in [5.41, 5.74) is -0.305. The number of ketones is 1. The molecule has 1 aliphatic heterocycles. The highest BCUT2D eigenvalue weighted by atomic mass is 79.9. The van der Waals surface area contributed by atoms with Gasteiger partial charge in [-0.1, -0.05) is 21.1 Å². The Morgan fingerprint density at radius 1 is 1.39 bits per heavy atom. The molecule has 7 heteroatoms. The third kappa shape index (κ3) is 4.73. The molecule has 0 unspecified atom stereocenters. The molecular formula is C11H16BrNO5. The second-order valence-corrected chi connectivity index (χ2v) is 4.20. The molecule has 0 amide bonds. The lowest BCUT2D eigenvalue weighted by molar-refractivity contribution is -0.136. The predicted molar refractivity (Wildman–Crippen MR) is 67.8 cm³/mol. The zero-order chi connectivity index (χ0) is 13.4. The average Bonchev–Trinajstić information content (AvgIpc) is 2.40. The number of Topliss-reactive ketones (excluding diaryl/α,β-unsaturated/α-hetero) is 1. The summed E-state index contributed by atoms with van der Waals surface area (Å²) in [6, 6.07) is 0. The molecule has 1 aliphatic rings. The summed E-state index contributed by atoms with van der Waals surface area (Å²) in [5, 5.41) is 3.65. The number of hydrogen-bond donors (Lipinski definition) is 0. The van der Waals surface area contributed by atoms with Gasteiger partial charge in [0.2, 0.25) is 11.5 Å². The molecular weight excluding hydrogens is 306 g/mol. The van der Waals surface area contributed by atoms with Crippen LogP contribution in [0.4, 0.5) is 0 Å². The molecule has 0 N–H and O–H groups in total. The molecule has 18 heavy (non-hydrogen) atoms. The Morgan fingerprint density at radius 3 is 2.61 bits per heavy atom. The molecule has 0 bridgehead atoms. The van der Waals surface area contributed by atoms with Crippen LogP contribution in [0.25, 0.3) is 0 Å². The number of oxime groups is 1. The van der Waals surface area contributed by atoms with Gasteiger partial charge >= 0.3 is 5.97 Å². The fraction of sp³-hybridized carbons (Fsp3) is 0.727. The largest absolute Gasteiger partial charge is 0.461 e. The van der Waals surface area contributed by atoms with Crippen LogP contribution in [0.15, 0.2) is 5.16 Å². The van der Waals surface area contributed by atoms with E-state index in [0.29, 0.717) is 26.1 Å². The Morgan fingerprint density at radius 2 is 2.06 bits per heavy atom. The number of hydrogen-bond acceptors (Lipinski definition) is 6. The highest BCUT2D eigenvalue weighted by Gasteiger charge is 2.23. The Hall–Kier alpha value is -0.950. The lowest BCUT2D eigenvalue weighted by Crippen LogP contribution is -2.29. The van der Waals surface area contributed by atoms with Crippen molar-refractivity contribution in [2.75, 3.05) is 25.2 Å². The number of carbonyl (C=O) groups excluding carboxylic acids is 2. The van der Waals surface area contributed by atoms with Gasteiger partial charge in [-0.15, -0.1) is 0 Å². The van der Waals surface area contributed by atoms with Crippen LogP contribution in [0, 0.1) is 0 Å². The molecule has 0 saturated carbocycles. The fourth-order valence-electron chi connectivity index (χ4n) is 1.37. The van der Waals surface area contributed by atoms with Crippen molar-refractivity contribution >= 4 is 33.4 Å². The first-order chi connectivity index (χ1) is 8.69. The number of rotatable bonds is 6. The number of carbonyl (C=O) groups is 2. The summed E-state index contributed by atoms with van der Waals surface area (Å²) in [6.07, 6.45) is 1.27. The average molecular weight is 322 g/mol. The Kier molecular flexibility index (Phi) is 6.89. The highest BCUT2D eigenvalue weighted by Crippen LogP contribution is 2.11. The summed E-state index contributed by atoms with van der Waals surface area (Å²) in [4.78, 5) is 28.2. The van der Waals surface area contributed by atoms with Gasteiger partial charge < -0.3 is 14.3 Å². The number of nitrogens with zero attached hydrogens (tertiary/aromatic N) is 1. The van der Waals surface area contributed by atoms with E-state index in [9.17, 15) is 9.59 Å². The van der Waals surface area contributed by atoms with Gasteiger partial charge in [0.15, 0.2) is 0 Å². The maximum atomic E-state index is 11.5. The summed E-state index contributed by atoms with van der Waals surface area (Å²) >= 11 is 2.99. The van der Waals surface area contributed by atoms with E-state index < -0.39 is 11.8 Å². The molecule has 0 spiro atoms. The summed E-state index contributed by atoms with van der Waals surface area (Å²) in [7, 11) is 0. The number of ether oxygens (including phenoxy) is 2. The topological polar surface area (TPSA) is 74.2 Å². The van der Waals surface area contributed by atoms with Gasteiger partial charge in [-0.2, -0.15) is 0 Å². The van der Waals surface area contributed by atoms with Crippen LogP contribution in [-0.4, -0.2) is 48.7 Å². The van der Waals surface area contributed by atoms with Crippen molar-refractivity contribution in [3.8, 4) is 0 Å². The summed E-state index contributed by atoms with van der Waals surface area (Å²) < 4.78 is 9.92. The molecule has 0 aromatic rings. The van der Waals surface area contributed by atoms with Crippen LogP contribution in [0.3, 0.4) is 0 Å². The molecule has 0 atom stereocenters. The Labute approximate surface area is 114 Å². The molecule has 1 fully saturated rings. The van der Waals surface area contributed by atoms with Crippen LogP contribution in [0.2, 0.25) is 0 Å². The molecule has 102 valence electrons. The van der Waals surface area contributed by atoms with Crippen molar-refractivity contribution in [1.82, 2.24) is 0 Å². The van der Waals surface area contributed by atoms with E-state index in [1.807, 2.05) is 0 Å². The van der Waals surface area contributed by atoms with E-state index in [-0.39, 0.29) is 23.8 Å². The third-order valence-corrected chi connectivity index (χ3v) is 2.82. The first-order valence-corrected chi connectivity index (χ1v) is 6.89. The van der Waals surface area contributed by atoms with Gasteiger partial charge in [-0.3, -0.25) is 4.79 Å². The maximum Gasteiger partial charge on any atom is 0.364 e. The van der Waals surface area contributed by atoms with Crippen molar-refractivity contribution in [2.45, 2.75) is 25.9 Å². The molecule has 6 nitrogen and oxygen atoms in total. The lowest BCUT2D eigenvalue weighted by atomic mass is 10.2. The quantitative estimate of drug-likeness (QED) is 0.240. The van der Waals surface area contributed by atoms with Gasteiger partial charge in [-0.25, -0.2) is 4.79 Å². The van der Waals surface area contributed by atoms with Crippen LogP contribution in [0.5, 0.6) is 0 Å². The van der Waals surface area contributed by atoms with Gasteiger partial charge in [0.1, 0.15) is 6.10 Å². The second kappa shape index (κ2) is 8.20. The van der Waals surface area contributed by atoms with E-state index >= 15 is 0 Å². The van der Waals surface area contributed by atoms with Gasteiger partial charge in [-0.05, 0) is 6.92 Å². The van der Waals surface area contributed by atoms with Crippen molar-refractivity contribution in [2.24, 2.45) is 5.16 Å². The minimum Gasteiger partial charge on any atom is -0.461 e. The van der Waals surface area contributed by atoms with E-state index in [1.54, 1.807) is 6.92 Å². The summed E-state index contributed by atoms with van der Waals surface area (Å²) in [6.45, 7) is 3.04. The number of esters is 1. The van der Waals surface area contributed by atoms with Crippen molar-refractivity contribution in [3.05, 3.63) is 0 Å². The smallest absolute Gasteiger partial charge is 0.364 e. The van der Waals surface area contributed by atoms with Crippen molar-refractivity contribution in [1.29, 1.82) is 0 Å². The lowest BCUT2D eigenvalue weighted by Gasteiger charge is -2.20. The fourth-order valence-corrected chi connectivity index (χ4v) is 1.64. The van der Waals surface area contributed by atoms with Crippen LogP contribution in [-0.2, 0) is 23.9 Å². The van der Waals surface area contributed by atoms with Crippen LogP contribution >= 0.6 is 15.9 Å². The Bertz CT molecular complexity index is 325. The van der Waals surface area contributed by atoms with Gasteiger partial charge in [0.05, 0.1) is 25.2 Å². The number of halogens is 1. The van der Waals surface area contributed by atoms with E-state index in [1.165, 1.54) is 0 Å². The van der Waals surface area contributed by atoms with Gasteiger partial charge in [0, 0.05) is 12.8 Å². The molecule has 1 heterocycles. The SMILES string of the molecule is CCOC(=O)/C(=N/OC1CCOCC1)C(=O)CBr. The highest BCUT2D eigenvalue weighted by molar-refractivity contribution is 9.09.